The zero-order valence-corrected chi connectivity index (χ0v) is 22.4. The van der Waals surface area contributed by atoms with E-state index in [9.17, 15) is 9.59 Å². The van der Waals surface area contributed by atoms with Crippen LogP contribution in [0.5, 0.6) is 0 Å². The minimum Gasteiger partial charge on any atom is -0.378 e. The lowest BCUT2D eigenvalue weighted by Crippen LogP contribution is -2.38. The van der Waals surface area contributed by atoms with Crippen molar-refractivity contribution in [2.24, 2.45) is 17.8 Å². The van der Waals surface area contributed by atoms with Crippen LogP contribution < -0.4 is 9.80 Å². The molecular weight excluding hydrogens is 475 g/mol. The number of ketones is 1. The summed E-state index contributed by atoms with van der Waals surface area (Å²) in [7, 11) is 3.98. The van der Waals surface area contributed by atoms with Gasteiger partial charge in [-0.15, -0.1) is 0 Å². The summed E-state index contributed by atoms with van der Waals surface area (Å²) in [4.78, 5) is 29.2. The highest BCUT2D eigenvalue weighted by Gasteiger charge is 2.44. The average molecular weight is 511 g/mol. The Hall–Kier alpha value is -3.73. The second kappa shape index (κ2) is 10.9. The van der Waals surface area contributed by atoms with Gasteiger partial charge in [-0.3, -0.25) is 9.59 Å². The van der Waals surface area contributed by atoms with Gasteiger partial charge in [0.25, 0.3) is 0 Å². The lowest BCUT2D eigenvalue weighted by atomic mass is 9.87. The number of hydrogen-bond acceptors (Lipinski definition) is 3. The fourth-order valence-corrected chi connectivity index (χ4v) is 6.03. The maximum Gasteiger partial charge on any atom is 0.230 e. The molecule has 0 aliphatic heterocycles. The van der Waals surface area contributed by atoms with E-state index >= 15 is 4.39 Å². The monoisotopic (exact) mass is 510 g/mol. The topological polar surface area (TPSA) is 40.6 Å². The fraction of sp³-hybridized carbons (Fsp3) is 0.333. The minimum absolute atomic E-state index is 0.0114. The van der Waals surface area contributed by atoms with Gasteiger partial charge in [-0.25, -0.2) is 4.39 Å². The first-order valence-corrected chi connectivity index (χ1v) is 13.4. The summed E-state index contributed by atoms with van der Waals surface area (Å²) in [6.07, 6.45) is 7.64. The number of rotatable bonds is 8. The summed E-state index contributed by atoms with van der Waals surface area (Å²) in [5.74, 6) is 0.764. The molecule has 0 heterocycles. The molecule has 3 atom stereocenters. The summed E-state index contributed by atoms with van der Waals surface area (Å²) >= 11 is 0. The van der Waals surface area contributed by atoms with Gasteiger partial charge in [0, 0.05) is 37.0 Å². The van der Waals surface area contributed by atoms with E-state index in [0.29, 0.717) is 17.4 Å². The number of fused-ring (bicyclic) bond motifs is 2. The standard InChI is InChI=1S/C33H35FN2O2/c1-22(37)7-8-23-5-4-6-30(18-23)36(33(38)31-19-24-9-10-27(31)17-24)21-28-12-11-26(20-32(28)34)25-13-15-29(16-14-25)35(2)3/h4-8,11-16,18,20,24,27,31H,9-10,17,19,21H2,1-3H3/b8-7+/t24-,27+,31-/m1/s1. The number of allylic oxidation sites excluding steroid dienone is 1. The number of benzene rings is 3. The predicted molar refractivity (Wildman–Crippen MR) is 152 cm³/mol. The highest BCUT2D eigenvalue weighted by Crippen LogP contribution is 2.49. The largest absolute Gasteiger partial charge is 0.378 e. The molecule has 1 amide bonds. The highest BCUT2D eigenvalue weighted by molar-refractivity contribution is 5.96. The van der Waals surface area contributed by atoms with E-state index in [-0.39, 0.29) is 30.0 Å². The summed E-state index contributed by atoms with van der Waals surface area (Å²) in [6, 6.07) is 20.9. The first-order valence-electron chi connectivity index (χ1n) is 13.4. The minimum atomic E-state index is -0.322. The fourth-order valence-electron chi connectivity index (χ4n) is 6.03. The third-order valence-electron chi connectivity index (χ3n) is 8.11. The Bertz CT molecular complexity index is 1360. The van der Waals surface area contributed by atoms with Gasteiger partial charge in [-0.2, -0.15) is 0 Å². The molecule has 2 fully saturated rings. The van der Waals surface area contributed by atoms with Crippen LogP contribution in [0.2, 0.25) is 0 Å². The number of nitrogens with zero attached hydrogens (tertiary/aromatic N) is 2. The quantitative estimate of drug-likeness (QED) is 0.303. The molecule has 3 aromatic rings. The number of carbonyl (C=O) groups excluding carboxylic acids is 2. The van der Waals surface area contributed by atoms with Crippen LogP contribution in [0, 0.1) is 23.6 Å². The molecule has 5 rings (SSSR count). The first kappa shape index (κ1) is 25.9. The van der Waals surface area contributed by atoms with E-state index in [4.69, 9.17) is 0 Å². The van der Waals surface area contributed by atoms with Crippen molar-refractivity contribution in [3.05, 3.63) is 89.8 Å². The summed E-state index contributed by atoms with van der Waals surface area (Å²) in [5, 5.41) is 0. The summed E-state index contributed by atoms with van der Waals surface area (Å²) < 4.78 is 15.5. The van der Waals surface area contributed by atoms with Gasteiger partial charge in [0.15, 0.2) is 5.78 Å². The van der Waals surface area contributed by atoms with Crippen LogP contribution in [-0.2, 0) is 16.1 Å². The molecule has 0 saturated heterocycles. The molecule has 2 bridgehead atoms. The van der Waals surface area contributed by atoms with E-state index in [1.54, 1.807) is 23.1 Å². The van der Waals surface area contributed by atoms with Crippen molar-refractivity contribution >= 4 is 29.1 Å². The van der Waals surface area contributed by atoms with Crippen LogP contribution in [0.3, 0.4) is 0 Å². The number of carbonyl (C=O) groups is 2. The zero-order chi connectivity index (χ0) is 26.8. The molecule has 0 aromatic heterocycles. The van der Waals surface area contributed by atoms with Crippen molar-refractivity contribution in [3.63, 3.8) is 0 Å². The number of amides is 1. The van der Waals surface area contributed by atoms with Gasteiger partial charge < -0.3 is 9.80 Å². The normalized spacial score (nSPS) is 20.2. The van der Waals surface area contributed by atoms with E-state index in [1.807, 2.05) is 73.6 Å². The van der Waals surface area contributed by atoms with Gasteiger partial charge in [0.05, 0.1) is 6.54 Å². The SMILES string of the molecule is CC(=O)/C=C/c1cccc(N(Cc2ccc(-c3ccc(N(C)C)cc3)cc2F)C(=O)[C@@H]2C[C@@H]3CC[C@H]2C3)c1. The lowest BCUT2D eigenvalue weighted by molar-refractivity contribution is -0.124. The van der Waals surface area contributed by atoms with Crippen LogP contribution >= 0.6 is 0 Å². The third kappa shape index (κ3) is 5.57. The maximum absolute atomic E-state index is 15.5. The van der Waals surface area contributed by atoms with Crippen molar-refractivity contribution in [1.29, 1.82) is 0 Å². The van der Waals surface area contributed by atoms with Crippen LogP contribution in [0.4, 0.5) is 15.8 Å². The predicted octanol–water partition coefficient (Wildman–Crippen LogP) is 7.13. The highest BCUT2D eigenvalue weighted by atomic mass is 19.1. The molecule has 4 nitrogen and oxygen atoms in total. The van der Waals surface area contributed by atoms with Crippen LogP contribution in [0.15, 0.2) is 72.8 Å². The first-order chi connectivity index (χ1) is 18.3. The molecular formula is C33H35FN2O2. The molecule has 3 aromatic carbocycles. The third-order valence-corrected chi connectivity index (χ3v) is 8.11. The van der Waals surface area contributed by atoms with Gasteiger partial charge in [-0.1, -0.05) is 48.9 Å². The number of hydrogen-bond donors (Lipinski definition) is 0. The number of halogens is 1. The smallest absolute Gasteiger partial charge is 0.230 e. The van der Waals surface area contributed by atoms with Crippen LogP contribution in [0.25, 0.3) is 17.2 Å². The molecule has 2 aliphatic carbocycles. The Morgan fingerprint density at radius 2 is 1.68 bits per heavy atom. The Labute approximate surface area is 224 Å². The lowest BCUT2D eigenvalue weighted by Gasteiger charge is -2.30. The molecule has 0 radical (unpaired) electrons. The molecule has 196 valence electrons. The van der Waals surface area contributed by atoms with Gasteiger partial charge >= 0.3 is 0 Å². The average Bonchev–Trinajstić information content (AvgIpc) is 3.55. The summed E-state index contributed by atoms with van der Waals surface area (Å²) in [5.41, 5.74) is 4.88. The van der Waals surface area contributed by atoms with E-state index < -0.39 is 0 Å². The number of anilines is 2. The van der Waals surface area contributed by atoms with E-state index in [1.165, 1.54) is 19.4 Å². The second-order valence-corrected chi connectivity index (χ2v) is 11.0. The van der Waals surface area contributed by atoms with E-state index in [0.717, 1.165) is 47.3 Å². The summed E-state index contributed by atoms with van der Waals surface area (Å²) in [6.45, 7) is 1.67. The Morgan fingerprint density at radius 3 is 2.32 bits per heavy atom. The van der Waals surface area contributed by atoms with Gasteiger partial charge in [-0.05, 0) is 91.1 Å². The van der Waals surface area contributed by atoms with Gasteiger partial charge in [0.2, 0.25) is 5.91 Å². The van der Waals surface area contributed by atoms with Crippen molar-refractivity contribution in [3.8, 4) is 11.1 Å². The van der Waals surface area contributed by atoms with Crippen molar-refractivity contribution in [2.45, 2.75) is 39.2 Å². The Kier molecular flexibility index (Phi) is 7.46. The molecule has 38 heavy (non-hydrogen) atoms. The molecule has 2 saturated carbocycles. The Balaban J connectivity index is 1.44. The van der Waals surface area contributed by atoms with Crippen LogP contribution in [-0.4, -0.2) is 25.8 Å². The second-order valence-electron chi connectivity index (χ2n) is 11.0. The Morgan fingerprint density at radius 1 is 0.921 bits per heavy atom. The molecule has 0 N–H and O–H groups in total. The van der Waals surface area contributed by atoms with Crippen LogP contribution in [0.1, 0.15) is 43.7 Å². The van der Waals surface area contributed by atoms with Gasteiger partial charge in [0.1, 0.15) is 5.82 Å². The van der Waals surface area contributed by atoms with Crippen molar-refractivity contribution in [1.82, 2.24) is 0 Å². The van der Waals surface area contributed by atoms with Crippen molar-refractivity contribution < 1.29 is 14.0 Å². The molecule has 0 spiro atoms. The van der Waals surface area contributed by atoms with E-state index in [2.05, 4.69) is 0 Å². The molecule has 5 heteroatoms. The maximum atomic E-state index is 15.5. The van der Waals surface area contributed by atoms with Crippen molar-refractivity contribution in [2.75, 3.05) is 23.9 Å². The zero-order valence-electron chi connectivity index (χ0n) is 22.4. The molecule has 0 unspecified atom stereocenters. The molecule has 2 aliphatic rings.